The zero-order valence-electron chi connectivity index (χ0n) is 16.9. The third-order valence-electron chi connectivity index (χ3n) is 4.85. The Kier molecular flexibility index (Phi) is 6.49. The molecule has 1 amide bonds. The summed E-state index contributed by atoms with van der Waals surface area (Å²) in [5.41, 5.74) is 1.07. The van der Waals surface area contributed by atoms with Crippen molar-refractivity contribution in [2.75, 3.05) is 13.2 Å². The van der Waals surface area contributed by atoms with Crippen LogP contribution >= 0.6 is 0 Å². The molecular weight excluding hydrogens is 345 g/mol. The molecule has 0 bridgehead atoms. The van der Waals surface area contributed by atoms with Crippen LogP contribution in [0.5, 0.6) is 0 Å². The molecule has 1 N–H and O–H groups in total. The highest BCUT2D eigenvalue weighted by molar-refractivity contribution is 6.56. The van der Waals surface area contributed by atoms with Crippen LogP contribution in [0.15, 0.2) is 29.7 Å². The largest absolute Gasteiger partial charge is 0.492 e. The van der Waals surface area contributed by atoms with E-state index in [0.717, 1.165) is 11.0 Å². The van der Waals surface area contributed by atoms with Crippen molar-refractivity contribution in [1.82, 2.24) is 5.32 Å². The quantitative estimate of drug-likeness (QED) is 0.613. The van der Waals surface area contributed by atoms with E-state index in [2.05, 4.69) is 5.32 Å². The molecular formula is C20H28BNO5. The number of hydrogen-bond donors (Lipinski definition) is 1. The van der Waals surface area contributed by atoms with E-state index in [1.807, 2.05) is 39.8 Å². The predicted molar refractivity (Wildman–Crippen MR) is 105 cm³/mol. The summed E-state index contributed by atoms with van der Waals surface area (Å²) in [6.45, 7) is 11.7. The minimum atomic E-state index is -0.590. The number of rotatable bonds is 6. The fourth-order valence-corrected chi connectivity index (χ4v) is 2.61. The lowest BCUT2D eigenvalue weighted by atomic mass is 9.77. The molecule has 1 aromatic carbocycles. The van der Waals surface area contributed by atoms with Gasteiger partial charge in [-0.05, 0) is 57.8 Å². The van der Waals surface area contributed by atoms with Gasteiger partial charge in [0.1, 0.15) is 0 Å². The summed E-state index contributed by atoms with van der Waals surface area (Å²) >= 11 is 0. The predicted octanol–water partition coefficient (Wildman–Crippen LogP) is 3.01. The van der Waals surface area contributed by atoms with Gasteiger partial charge in [0.25, 0.3) is 0 Å². The van der Waals surface area contributed by atoms with Crippen molar-refractivity contribution >= 4 is 25.1 Å². The summed E-state index contributed by atoms with van der Waals surface area (Å²) < 4.78 is 17.3. The van der Waals surface area contributed by atoms with E-state index in [-0.39, 0.29) is 18.4 Å². The zero-order chi connectivity index (χ0) is 20.2. The Bertz CT molecular complexity index is 726. The molecule has 0 radical (unpaired) electrons. The maximum absolute atomic E-state index is 12.0. The van der Waals surface area contributed by atoms with Crippen LogP contribution in [0.25, 0.3) is 6.08 Å². The first kappa shape index (κ1) is 21.2. The van der Waals surface area contributed by atoms with Crippen molar-refractivity contribution in [1.29, 1.82) is 0 Å². The third-order valence-corrected chi connectivity index (χ3v) is 4.85. The summed E-state index contributed by atoms with van der Waals surface area (Å²) in [5.74, 6) is -0.510. The molecule has 1 aromatic rings. The first-order valence-corrected chi connectivity index (χ1v) is 9.13. The SMILES string of the molecule is CCOC(=O)c1cccc(C=C(CNC(C)=O)B2OC(C)(C)C(C)(C)O2)c1. The normalized spacial score (nSPS) is 18.3. The zero-order valence-corrected chi connectivity index (χ0v) is 16.9. The van der Waals surface area contributed by atoms with Crippen LogP contribution in [0.1, 0.15) is 57.5 Å². The van der Waals surface area contributed by atoms with E-state index in [4.69, 9.17) is 14.0 Å². The molecule has 146 valence electrons. The maximum atomic E-state index is 12.0. The second-order valence-electron chi connectivity index (χ2n) is 7.56. The number of hydrogen-bond acceptors (Lipinski definition) is 5. The second-order valence-corrected chi connectivity index (χ2v) is 7.56. The fourth-order valence-electron chi connectivity index (χ4n) is 2.61. The van der Waals surface area contributed by atoms with E-state index in [9.17, 15) is 9.59 Å². The topological polar surface area (TPSA) is 73.9 Å². The van der Waals surface area contributed by atoms with E-state index >= 15 is 0 Å². The van der Waals surface area contributed by atoms with Crippen LogP contribution in [-0.4, -0.2) is 43.3 Å². The molecule has 2 rings (SSSR count). The molecule has 1 heterocycles. The molecule has 0 spiro atoms. The molecule has 7 heteroatoms. The first-order chi connectivity index (χ1) is 12.6. The van der Waals surface area contributed by atoms with Crippen molar-refractivity contribution in [3.8, 4) is 0 Å². The summed E-state index contributed by atoms with van der Waals surface area (Å²) in [5, 5.41) is 2.80. The molecule has 0 aromatic heterocycles. The first-order valence-electron chi connectivity index (χ1n) is 9.13. The molecule has 0 aliphatic carbocycles. The molecule has 1 fully saturated rings. The fraction of sp³-hybridized carbons (Fsp3) is 0.500. The Morgan fingerprint density at radius 1 is 1.19 bits per heavy atom. The lowest BCUT2D eigenvalue weighted by Gasteiger charge is -2.32. The highest BCUT2D eigenvalue weighted by Crippen LogP contribution is 2.38. The standard InChI is InChI=1S/C20H28BNO5/c1-7-25-18(24)16-10-8-9-15(11-16)12-17(13-22-14(2)23)21-26-19(3,4)20(5,6)27-21/h8-12H,7,13H2,1-6H3,(H,22,23). The van der Waals surface area contributed by atoms with Crippen LogP contribution in [0.4, 0.5) is 0 Å². The number of benzene rings is 1. The van der Waals surface area contributed by atoms with Gasteiger partial charge in [0, 0.05) is 13.5 Å². The van der Waals surface area contributed by atoms with E-state index < -0.39 is 18.3 Å². The molecule has 0 saturated carbocycles. The second kappa shape index (κ2) is 8.27. The molecule has 27 heavy (non-hydrogen) atoms. The molecule has 0 atom stereocenters. The Morgan fingerprint density at radius 2 is 1.81 bits per heavy atom. The number of nitrogens with one attached hydrogen (secondary N) is 1. The third kappa shape index (κ3) is 5.20. The summed E-state index contributed by atoms with van der Waals surface area (Å²) in [6, 6.07) is 7.12. The maximum Gasteiger partial charge on any atom is 0.492 e. The van der Waals surface area contributed by atoms with Crippen LogP contribution in [0.2, 0.25) is 0 Å². The van der Waals surface area contributed by atoms with E-state index in [1.54, 1.807) is 25.1 Å². The molecule has 1 aliphatic heterocycles. The number of esters is 1. The lowest BCUT2D eigenvalue weighted by molar-refractivity contribution is -0.118. The minimum absolute atomic E-state index is 0.141. The van der Waals surface area contributed by atoms with Gasteiger partial charge in [0.05, 0.1) is 23.4 Å². The Morgan fingerprint density at radius 3 is 2.37 bits per heavy atom. The molecule has 0 unspecified atom stereocenters. The van der Waals surface area contributed by atoms with Crippen LogP contribution in [-0.2, 0) is 18.8 Å². The van der Waals surface area contributed by atoms with Crippen molar-refractivity contribution in [2.24, 2.45) is 0 Å². The van der Waals surface area contributed by atoms with Crippen molar-refractivity contribution in [2.45, 2.75) is 52.7 Å². The van der Waals surface area contributed by atoms with Crippen molar-refractivity contribution in [3.63, 3.8) is 0 Å². The van der Waals surface area contributed by atoms with Gasteiger partial charge in [-0.3, -0.25) is 4.79 Å². The number of carbonyl (C=O) groups is 2. The molecule has 1 aliphatic rings. The lowest BCUT2D eigenvalue weighted by Crippen LogP contribution is -2.41. The number of carbonyl (C=O) groups excluding carboxylic acids is 2. The average molecular weight is 373 g/mol. The smallest absolute Gasteiger partial charge is 0.462 e. The van der Waals surface area contributed by atoms with Crippen LogP contribution in [0.3, 0.4) is 0 Å². The minimum Gasteiger partial charge on any atom is -0.462 e. The van der Waals surface area contributed by atoms with E-state index in [1.165, 1.54) is 6.92 Å². The van der Waals surface area contributed by atoms with Crippen molar-refractivity contribution < 1.29 is 23.6 Å². The summed E-state index contributed by atoms with van der Waals surface area (Å²) in [7, 11) is -0.590. The van der Waals surface area contributed by atoms with Gasteiger partial charge in [0.2, 0.25) is 5.91 Å². The van der Waals surface area contributed by atoms with Crippen LogP contribution < -0.4 is 5.32 Å². The Labute approximate surface area is 161 Å². The number of ether oxygens (including phenoxy) is 1. The number of amides is 1. The Balaban J connectivity index is 2.33. The highest BCUT2D eigenvalue weighted by Gasteiger charge is 2.52. The van der Waals surface area contributed by atoms with Crippen LogP contribution in [0, 0.1) is 0 Å². The molecule has 1 saturated heterocycles. The highest BCUT2D eigenvalue weighted by atomic mass is 16.7. The summed E-state index contributed by atoms with van der Waals surface area (Å²) in [6.07, 6.45) is 1.88. The van der Waals surface area contributed by atoms with Gasteiger partial charge in [-0.15, -0.1) is 0 Å². The average Bonchev–Trinajstić information content (AvgIpc) is 2.79. The van der Waals surface area contributed by atoms with Gasteiger partial charge >= 0.3 is 13.1 Å². The molecule has 6 nitrogen and oxygen atoms in total. The monoisotopic (exact) mass is 373 g/mol. The summed E-state index contributed by atoms with van der Waals surface area (Å²) in [4.78, 5) is 23.4. The van der Waals surface area contributed by atoms with Gasteiger partial charge in [0.15, 0.2) is 0 Å². The Hall–Kier alpha value is -2.12. The van der Waals surface area contributed by atoms with Crippen molar-refractivity contribution in [3.05, 3.63) is 40.9 Å². The van der Waals surface area contributed by atoms with Gasteiger partial charge < -0.3 is 19.4 Å². The van der Waals surface area contributed by atoms with Gasteiger partial charge in [-0.25, -0.2) is 4.79 Å². The van der Waals surface area contributed by atoms with Gasteiger partial charge in [-0.2, -0.15) is 0 Å². The van der Waals surface area contributed by atoms with Gasteiger partial charge in [-0.1, -0.05) is 18.2 Å². The van der Waals surface area contributed by atoms with E-state index in [0.29, 0.717) is 12.2 Å².